The Labute approximate surface area is 123 Å². The normalized spacial score (nSPS) is 10.2. The molecule has 0 heterocycles. The monoisotopic (exact) mass is 311 g/mol. The van der Waals surface area contributed by atoms with Gasteiger partial charge in [-0.25, -0.2) is 13.6 Å². The highest BCUT2D eigenvalue weighted by molar-refractivity contribution is 6.30. The molecule has 7 heteroatoms. The Morgan fingerprint density at radius 2 is 1.76 bits per heavy atom. The van der Waals surface area contributed by atoms with Crippen LogP contribution in [0.4, 0.5) is 14.5 Å². The van der Waals surface area contributed by atoms with Gasteiger partial charge in [-0.05, 0) is 36.4 Å². The minimum atomic E-state index is -1.41. The summed E-state index contributed by atoms with van der Waals surface area (Å²) in [5.41, 5.74) is -0.456. The van der Waals surface area contributed by atoms with E-state index in [4.69, 9.17) is 16.7 Å². The van der Waals surface area contributed by atoms with Gasteiger partial charge in [-0.1, -0.05) is 11.6 Å². The number of carboxylic acid groups (broad SMARTS) is 1. The zero-order valence-corrected chi connectivity index (χ0v) is 11.1. The summed E-state index contributed by atoms with van der Waals surface area (Å²) in [5.74, 6) is -3.82. The number of carbonyl (C=O) groups is 2. The molecule has 2 rings (SSSR count). The van der Waals surface area contributed by atoms with Gasteiger partial charge in [0.1, 0.15) is 11.6 Å². The molecule has 1 amide bonds. The quantitative estimate of drug-likeness (QED) is 0.910. The second-order valence-electron chi connectivity index (χ2n) is 4.08. The van der Waals surface area contributed by atoms with Crippen molar-refractivity contribution in [2.45, 2.75) is 0 Å². The van der Waals surface area contributed by atoms with Crippen LogP contribution in [-0.4, -0.2) is 17.0 Å². The lowest BCUT2D eigenvalue weighted by molar-refractivity contribution is 0.0692. The molecule has 0 aliphatic heterocycles. The van der Waals surface area contributed by atoms with Gasteiger partial charge in [0.15, 0.2) is 0 Å². The molecular formula is C14H8ClF2NO3. The predicted octanol–water partition coefficient (Wildman–Crippen LogP) is 3.57. The number of rotatable bonds is 3. The topological polar surface area (TPSA) is 66.4 Å². The molecule has 0 atom stereocenters. The van der Waals surface area contributed by atoms with Gasteiger partial charge >= 0.3 is 5.97 Å². The summed E-state index contributed by atoms with van der Waals surface area (Å²) in [7, 11) is 0. The molecule has 0 radical (unpaired) electrons. The summed E-state index contributed by atoms with van der Waals surface area (Å²) < 4.78 is 26.7. The van der Waals surface area contributed by atoms with Crippen LogP contribution in [0.3, 0.4) is 0 Å². The maximum atomic E-state index is 13.5. The van der Waals surface area contributed by atoms with E-state index in [1.807, 2.05) is 0 Å². The van der Waals surface area contributed by atoms with E-state index in [-0.39, 0.29) is 16.3 Å². The zero-order chi connectivity index (χ0) is 15.6. The predicted molar refractivity (Wildman–Crippen MR) is 72.7 cm³/mol. The number of aromatic carboxylic acids is 1. The second kappa shape index (κ2) is 5.88. The summed E-state index contributed by atoms with van der Waals surface area (Å²) in [6, 6.07) is 6.60. The van der Waals surface area contributed by atoms with Crippen molar-refractivity contribution < 1.29 is 23.5 Å². The van der Waals surface area contributed by atoms with E-state index in [0.29, 0.717) is 0 Å². The van der Waals surface area contributed by atoms with E-state index in [9.17, 15) is 18.4 Å². The molecule has 0 saturated carbocycles. The Kier molecular flexibility index (Phi) is 4.18. The van der Waals surface area contributed by atoms with Crippen LogP contribution in [0.2, 0.25) is 5.02 Å². The molecule has 108 valence electrons. The maximum absolute atomic E-state index is 13.5. The Balaban J connectivity index is 2.21. The van der Waals surface area contributed by atoms with Gasteiger partial charge in [-0.15, -0.1) is 0 Å². The molecule has 0 spiro atoms. The number of hydrogen-bond donors (Lipinski definition) is 2. The Hall–Kier alpha value is -2.47. The lowest BCUT2D eigenvalue weighted by Crippen LogP contribution is -2.13. The third-order valence-corrected chi connectivity index (χ3v) is 2.95. The summed E-state index contributed by atoms with van der Waals surface area (Å²) in [4.78, 5) is 22.5. The van der Waals surface area contributed by atoms with Crippen molar-refractivity contribution in [3.8, 4) is 0 Å². The van der Waals surface area contributed by atoms with Gasteiger partial charge in [0.25, 0.3) is 5.91 Å². The number of carbonyl (C=O) groups excluding carboxylic acids is 1. The zero-order valence-electron chi connectivity index (χ0n) is 10.4. The largest absolute Gasteiger partial charge is 0.478 e. The van der Waals surface area contributed by atoms with Crippen LogP contribution in [-0.2, 0) is 0 Å². The van der Waals surface area contributed by atoms with Crippen LogP contribution < -0.4 is 5.32 Å². The molecular weight excluding hydrogens is 304 g/mol. The SMILES string of the molecule is O=C(Nc1ccc(C(=O)O)c(F)c1)c1ccc(Cl)c(F)c1. The van der Waals surface area contributed by atoms with E-state index < -0.39 is 29.1 Å². The summed E-state index contributed by atoms with van der Waals surface area (Å²) >= 11 is 5.50. The summed E-state index contributed by atoms with van der Waals surface area (Å²) in [5, 5.41) is 10.9. The maximum Gasteiger partial charge on any atom is 0.338 e. The summed E-state index contributed by atoms with van der Waals surface area (Å²) in [6.45, 7) is 0. The number of anilines is 1. The Morgan fingerprint density at radius 3 is 2.33 bits per heavy atom. The second-order valence-corrected chi connectivity index (χ2v) is 4.49. The van der Waals surface area contributed by atoms with Crippen LogP contribution in [0.15, 0.2) is 36.4 Å². The molecule has 0 unspecified atom stereocenters. The van der Waals surface area contributed by atoms with E-state index in [1.54, 1.807) is 0 Å². The van der Waals surface area contributed by atoms with Crippen molar-refractivity contribution in [1.29, 1.82) is 0 Å². The highest BCUT2D eigenvalue weighted by atomic mass is 35.5. The number of hydrogen-bond acceptors (Lipinski definition) is 2. The Morgan fingerprint density at radius 1 is 1.05 bits per heavy atom. The molecule has 0 saturated heterocycles. The van der Waals surface area contributed by atoms with Crippen LogP contribution >= 0.6 is 11.6 Å². The molecule has 0 aliphatic rings. The molecule has 2 aromatic carbocycles. The molecule has 0 aliphatic carbocycles. The number of benzene rings is 2. The highest BCUT2D eigenvalue weighted by Gasteiger charge is 2.13. The molecule has 2 N–H and O–H groups in total. The molecule has 0 aromatic heterocycles. The minimum absolute atomic E-state index is 0.000353. The summed E-state index contributed by atoms with van der Waals surface area (Å²) in [6.07, 6.45) is 0. The van der Waals surface area contributed by atoms with Gasteiger partial charge in [0.05, 0.1) is 10.6 Å². The molecule has 0 bridgehead atoms. The van der Waals surface area contributed by atoms with Crippen molar-refractivity contribution in [3.05, 3.63) is 64.2 Å². The van der Waals surface area contributed by atoms with Gasteiger partial charge in [-0.2, -0.15) is 0 Å². The average molecular weight is 312 g/mol. The van der Waals surface area contributed by atoms with E-state index in [1.165, 1.54) is 18.2 Å². The van der Waals surface area contributed by atoms with E-state index >= 15 is 0 Å². The molecule has 0 fully saturated rings. The first-order chi connectivity index (χ1) is 9.88. The first kappa shape index (κ1) is 14.9. The third kappa shape index (κ3) is 3.35. The average Bonchev–Trinajstić information content (AvgIpc) is 2.41. The number of carboxylic acids is 1. The van der Waals surface area contributed by atoms with Crippen LogP contribution in [0, 0.1) is 11.6 Å². The van der Waals surface area contributed by atoms with Crippen molar-refractivity contribution in [3.63, 3.8) is 0 Å². The first-order valence-corrected chi connectivity index (χ1v) is 6.05. The smallest absolute Gasteiger partial charge is 0.338 e. The number of nitrogens with one attached hydrogen (secondary N) is 1. The fraction of sp³-hybridized carbons (Fsp3) is 0. The van der Waals surface area contributed by atoms with E-state index in [2.05, 4.69) is 5.32 Å². The van der Waals surface area contributed by atoms with Crippen LogP contribution in [0.5, 0.6) is 0 Å². The molecule has 21 heavy (non-hydrogen) atoms. The highest BCUT2D eigenvalue weighted by Crippen LogP contribution is 2.18. The van der Waals surface area contributed by atoms with Gasteiger partial charge < -0.3 is 10.4 Å². The Bertz CT molecular complexity index is 734. The van der Waals surface area contributed by atoms with Crippen molar-refractivity contribution in [1.82, 2.24) is 0 Å². The van der Waals surface area contributed by atoms with Gasteiger partial charge in [0.2, 0.25) is 0 Å². The minimum Gasteiger partial charge on any atom is -0.478 e. The fourth-order valence-electron chi connectivity index (χ4n) is 1.61. The lowest BCUT2D eigenvalue weighted by Gasteiger charge is -2.07. The molecule has 4 nitrogen and oxygen atoms in total. The van der Waals surface area contributed by atoms with E-state index in [0.717, 1.165) is 18.2 Å². The van der Waals surface area contributed by atoms with Crippen molar-refractivity contribution in [2.75, 3.05) is 5.32 Å². The molecule has 2 aromatic rings. The van der Waals surface area contributed by atoms with Crippen LogP contribution in [0.1, 0.15) is 20.7 Å². The van der Waals surface area contributed by atoms with Gasteiger partial charge in [-0.3, -0.25) is 4.79 Å². The number of halogens is 3. The fourth-order valence-corrected chi connectivity index (χ4v) is 1.72. The first-order valence-electron chi connectivity index (χ1n) is 5.67. The van der Waals surface area contributed by atoms with Crippen molar-refractivity contribution in [2.24, 2.45) is 0 Å². The van der Waals surface area contributed by atoms with Crippen molar-refractivity contribution >= 4 is 29.2 Å². The van der Waals surface area contributed by atoms with Crippen LogP contribution in [0.25, 0.3) is 0 Å². The lowest BCUT2D eigenvalue weighted by atomic mass is 10.1. The van der Waals surface area contributed by atoms with Gasteiger partial charge in [0, 0.05) is 11.3 Å². The standard InChI is InChI=1S/C14H8ClF2NO3/c15-10-4-1-7(5-12(10)17)13(19)18-8-2-3-9(14(20)21)11(16)6-8/h1-6H,(H,18,19)(H,20,21). The third-order valence-electron chi connectivity index (χ3n) is 2.64. The number of amides is 1.